The fourth-order valence-electron chi connectivity index (χ4n) is 0.486. The van der Waals surface area contributed by atoms with Gasteiger partial charge in [0, 0.05) is 6.61 Å². The molecule has 1 atom stereocenters. The first kappa shape index (κ1) is 8.92. The zero-order valence-corrected chi connectivity index (χ0v) is 6.39. The smallest absolute Gasteiger partial charge is 0.0544 e. The molecule has 0 heterocycles. The molecule has 0 fully saturated rings. The summed E-state index contributed by atoms with van der Waals surface area (Å²) < 4.78 is 5.35. The molecule has 56 valence electrons. The predicted molar refractivity (Wildman–Crippen MR) is 39.4 cm³/mol. The Labute approximate surface area is 57.4 Å². The summed E-state index contributed by atoms with van der Waals surface area (Å²) in [6.07, 6.45) is 2.46. The molecule has 2 nitrogen and oxygen atoms in total. The number of hydrogen-bond donors (Lipinski definition) is 1. The van der Waals surface area contributed by atoms with Gasteiger partial charge in [-0.15, -0.1) is 0 Å². The second-order valence-corrected chi connectivity index (χ2v) is 2.23. The van der Waals surface area contributed by atoms with Crippen molar-refractivity contribution in [3.05, 3.63) is 0 Å². The molecule has 0 spiro atoms. The van der Waals surface area contributed by atoms with Crippen molar-refractivity contribution in [2.45, 2.75) is 32.8 Å². The van der Waals surface area contributed by atoms with Gasteiger partial charge in [-0.3, -0.25) is 0 Å². The van der Waals surface area contributed by atoms with Gasteiger partial charge in [0.15, 0.2) is 0 Å². The summed E-state index contributed by atoms with van der Waals surface area (Å²) in [4.78, 5) is 0. The van der Waals surface area contributed by atoms with Gasteiger partial charge >= 0.3 is 0 Å². The molecule has 0 radical (unpaired) electrons. The summed E-state index contributed by atoms with van der Waals surface area (Å²) in [5, 5.41) is 0. The molecule has 0 aromatic rings. The molecule has 0 rings (SSSR count). The Balaban J connectivity index is 2.88. The molecule has 9 heavy (non-hydrogen) atoms. The lowest BCUT2D eigenvalue weighted by Gasteiger charge is -2.08. The van der Waals surface area contributed by atoms with Crippen LogP contribution >= 0.6 is 0 Å². The van der Waals surface area contributed by atoms with E-state index in [0.717, 1.165) is 26.0 Å². The van der Waals surface area contributed by atoms with Crippen molar-refractivity contribution in [3.8, 4) is 0 Å². The molecule has 0 saturated heterocycles. The number of ether oxygens (including phenoxy) is 1. The third-order valence-corrected chi connectivity index (χ3v) is 1.33. The second kappa shape index (κ2) is 6.05. The fraction of sp³-hybridized carbons (Fsp3) is 1.00. The normalized spacial score (nSPS) is 13.7. The molecule has 0 aliphatic heterocycles. The second-order valence-electron chi connectivity index (χ2n) is 2.23. The van der Waals surface area contributed by atoms with Crippen molar-refractivity contribution in [1.29, 1.82) is 0 Å². The van der Waals surface area contributed by atoms with Gasteiger partial charge in [-0.05, 0) is 26.3 Å². The van der Waals surface area contributed by atoms with Gasteiger partial charge in [-0.25, -0.2) is 0 Å². The number of rotatable bonds is 5. The summed E-state index contributed by atoms with van der Waals surface area (Å²) >= 11 is 0. The molecule has 0 aliphatic carbocycles. The van der Waals surface area contributed by atoms with Crippen LogP contribution in [0, 0.1) is 0 Å². The highest BCUT2D eigenvalue weighted by atomic mass is 16.5. The number of hydrogen-bond acceptors (Lipinski definition) is 2. The highest BCUT2D eigenvalue weighted by molar-refractivity contribution is 4.44. The van der Waals surface area contributed by atoms with E-state index in [9.17, 15) is 0 Å². The van der Waals surface area contributed by atoms with Crippen LogP contribution < -0.4 is 5.73 Å². The zero-order chi connectivity index (χ0) is 7.11. The molecule has 0 bridgehead atoms. The summed E-state index contributed by atoms with van der Waals surface area (Å²) in [7, 11) is 0. The Morgan fingerprint density at radius 1 is 1.56 bits per heavy atom. The van der Waals surface area contributed by atoms with E-state index >= 15 is 0 Å². The largest absolute Gasteiger partial charge is 0.378 e. The van der Waals surface area contributed by atoms with Crippen LogP contribution in [-0.4, -0.2) is 19.3 Å². The van der Waals surface area contributed by atoms with Crippen molar-refractivity contribution in [1.82, 2.24) is 0 Å². The van der Waals surface area contributed by atoms with Gasteiger partial charge in [0.1, 0.15) is 0 Å². The highest BCUT2D eigenvalue weighted by Gasteiger charge is 1.95. The van der Waals surface area contributed by atoms with Gasteiger partial charge in [0.05, 0.1) is 6.10 Å². The lowest BCUT2D eigenvalue weighted by atomic mass is 10.3. The monoisotopic (exact) mass is 131 g/mol. The van der Waals surface area contributed by atoms with Crippen molar-refractivity contribution in [3.63, 3.8) is 0 Å². The number of nitrogens with two attached hydrogens (primary N) is 1. The summed E-state index contributed by atoms with van der Waals surface area (Å²) in [5.41, 5.74) is 5.28. The van der Waals surface area contributed by atoms with Crippen LogP contribution in [0.2, 0.25) is 0 Å². The van der Waals surface area contributed by atoms with Crippen LogP contribution in [0.4, 0.5) is 0 Å². The average molecular weight is 131 g/mol. The van der Waals surface area contributed by atoms with Gasteiger partial charge in [0.2, 0.25) is 0 Å². The van der Waals surface area contributed by atoms with E-state index in [1.165, 1.54) is 0 Å². The standard InChI is InChI=1S/C7H17NO/c1-3-7(2)9-6-4-5-8/h7H,3-6,8H2,1-2H3. The molecule has 0 aromatic heterocycles. The third-order valence-electron chi connectivity index (χ3n) is 1.33. The first-order valence-electron chi connectivity index (χ1n) is 3.63. The molecule has 0 amide bonds. The van der Waals surface area contributed by atoms with E-state index in [-0.39, 0.29) is 0 Å². The van der Waals surface area contributed by atoms with Crippen LogP contribution in [-0.2, 0) is 4.74 Å². The SMILES string of the molecule is CCC(C)OCCCN. The van der Waals surface area contributed by atoms with Gasteiger partial charge in [-0.2, -0.15) is 0 Å². The van der Waals surface area contributed by atoms with E-state index in [0.29, 0.717) is 6.10 Å². The van der Waals surface area contributed by atoms with E-state index in [1.807, 2.05) is 0 Å². The van der Waals surface area contributed by atoms with E-state index in [4.69, 9.17) is 10.5 Å². The molecule has 0 saturated carbocycles. The molecule has 0 aromatic carbocycles. The average Bonchev–Trinajstić information content (AvgIpc) is 1.89. The first-order chi connectivity index (χ1) is 4.31. The van der Waals surface area contributed by atoms with Gasteiger partial charge in [0.25, 0.3) is 0 Å². The fourth-order valence-corrected chi connectivity index (χ4v) is 0.486. The zero-order valence-electron chi connectivity index (χ0n) is 6.39. The Bertz CT molecular complexity index is 56.9. The highest BCUT2D eigenvalue weighted by Crippen LogP contribution is 1.95. The summed E-state index contributed by atoms with van der Waals surface area (Å²) in [6, 6.07) is 0. The third kappa shape index (κ3) is 5.80. The first-order valence-corrected chi connectivity index (χ1v) is 3.63. The lowest BCUT2D eigenvalue weighted by Crippen LogP contribution is -2.10. The Morgan fingerprint density at radius 3 is 2.67 bits per heavy atom. The minimum absolute atomic E-state index is 0.400. The van der Waals surface area contributed by atoms with E-state index in [2.05, 4.69) is 13.8 Å². The van der Waals surface area contributed by atoms with Crippen LogP contribution in [0.25, 0.3) is 0 Å². The molecule has 2 heteroatoms. The van der Waals surface area contributed by atoms with Crippen LogP contribution in [0.3, 0.4) is 0 Å². The quantitative estimate of drug-likeness (QED) is 0.568. The van der Waals surface area contributed by atoms with Gasteiger partial charge in [-0.1, -0.05) is 6.92 Å². The Hall–Kier alpha value is -0.0800. The van der Waals surface area contributed by atoms with E-state index in [1.54, 1.807) is 0 Å². The maximum absolute atomic E-state index is 5.35. The molecule has 1 unspecified atom stereocenters. The summed E-state index contributed by atoms with van der Waals surface area (Å²) in [6.45, 7) is 5.74. The van der Waals surface area contributed by atoms with Crippen LogP contribution in [0.5, 0.6) is 0 Å². The van der Waals surface area contributed by atoms with E-state index < -0.39 is 0 Å². The van der Waals surface area contributed by atoms with Crippen molar-refractivity contribution < 1.29 is 4.74 Å². The van der Waals surface area contributed by atoms with Crippen LogP contribution in [0.1, 0.15) is 26.7 Å². The van der Waals surface area contributed by atoms with Crippen LogP contribution in [0.15, 0.2) is 0 Å². The Morgan fingerprint density at radius 2 is 2.22 bits per heavy atom. The van der Waals surface area contributed by atoms with Crippen molar-refractivity contribution in [2.24, 2.45) is 5.73 Å². The van der Waals surface area contributed by atoms with Crippen molar-refractivity contribution >= 4 is 0 Å². The topological polar surface area (TPSA) is 35.2 Å². The minimum atomic E-state index is 0.400. The predicted octanol–water partition coefficient (Wildman–Crippen LogP) is 1.15. The Kier molecular flexibility index (Phi) is 5.99. The molecule has 2 N–H and O–H groups in total. The molecular formula is C7H17NO. The molecule has 0 aliphatic rings. The summed E-state index contributed by atoms with van der Waals surface area (Å²) in [5.74, 6) is 0. The maximum atomic E-state index is 5.35. The van der Waals surface area contributed by atoms with Gasteiger partial charge < -0.3 is 10.5 Å². The van der Waals surface area contributed by atoms with Crippen molar-refractivity contribution in [2.75, 3.05) is 13.2 Å². The minimum Gasteiger partial charge on any atom is -0.378 e. The lowest BCUT2D eigenvalue weighted by molar-refractivity contribution is 0.0631. The molecular weight excluding hydrogens is 114 g/mol. The maximum Gasteiger partial charge on any atom is 0.0544 e.